The Balaban J connectivity index is 1.39. The van der Waals surface area contributed by atoms with E-state index in [-0.39, 0.29) is 0 Å². The fraction of sp³-hybridized carbons (Fsp3) is 0.0938. The van der Waals surface area contributed by atoms with E-state index in [0.717, 1.165) is 49.4 Å². The van der Waals surface area contributed by atoms with Crippen molar-refractivity contribution < 1.29 is 4.74 Å². The molecule has 0 atom stereocenters. The molecule has 0 radical (unpaired) electrons. The molecule has 0 saturated carbocycles. The highest BCUT2D eigenvalue weighted by Crippen LogP contribution is 2.28. The molecule has 3 nitrogen and oxygen atoms in total. The Morgan fingerprint density at radius 2 is 1.61 bits per heavy atom. The number of halogens is 1. The van der Waals surface area contributed by atoms with Crippen LogP contribution in [0, 0.1) is 25.2 Å². The van der Waals surface area contributed by atoms with Gasteiger partial charge in [0.25, 0.3) is 0 Å². The second kappa shape index (κ2) is 10.3. The number of nitriles is 1. The molecule has 0 N–H and O–H groups in total. The van der Waals surface area contributed by atoms with Gasteiger partial charge in [0.05, 0.1) is 11.6 Å². The van der Waals surface area contributed by atoms with Crippen LogP contribution in [0.5, 0.6) is 5.75 Å². The molecule has 0 bridgehead atoms. The normalized spacial score (nSPS) is 11.4. The van der Waals surface area contributed by atoms with Crippen LogP contribution in [-0.4, -0.2) is 4.57 Å². The number of hydrogen-bond donors (Lipinski definition) is 0. The molecule has 0 saturated heterocycles. The lowest BCUT2D eigenvalue weighted by Crippen LogP contribution is -2.00. The summed E-state index contributed by atoms with van der Waals surface area (Å²) in [5, 5.41) is 12.2. The fourth-order valence-corrected chi connectivity index (χ4v) is 4.73. The van der Waals surface area contributed by atoms with Crippen molar-refractivity contribution in [2.45, 2.75) is 20.5 Å². The van der Waals surface area contributed by atoms with Crippen LogP contribution in [0.3, 0.4) is 0 Å². The Bertz CT molecular complexity index is 1600. The van der Waals surface area contributed by atoms with Crippen LogP contribution in [0.2, 0.25) is 0 Å². The van der Waals surface area contributed by atoms with Crippen LogP contribution >= 0.6 is 15.9 Å². The summed E-state index contributed by atoms with van der Waals surface area (Å²) in [7, 11) is 0. The highest BCUT2D eigenvalue weighted by molar-refractivity contribution is 9.10. The Morgan fingerprint density at radius 3 is 2.33 bits per heavy atom. The monoisotopic (exact) mass is 532 g/mol. The first kappa shape index (κ1) is 23.7. The minimum absolute atomic E-state index is 0.523. The van der Waals surface area contributed by atoms with E-state index in [1.54, 1.807) is 0 Å². The van der Waals surface area contributed by atoms with Gasteiger partial charge in [-0.25, -0.2) is 0 Å². The van der Waals surface area contributed by atoms with Crippen molar-refractivity contribution in [3.8, 4) is 17.5 Å². The molecule has 0 spiro atoms. The van der Waals surface area contributed by atoms with Crippen molar-refractivity contribution in [3.05, 3.63) is 130 Å². The van der Waals surface area contributed by atoms with Gasteiger partial charge in [-0.15, -0.1) is 0 Å². The van der Waals surface area contributed by atoms with E-state index in [4.69, 9.17) is 4.74 Å². The molecule has 0 amide bonds. The number of rotatable bonds is 6. The zero-order valence-electron chi connectivity index (χ0n) is 20.2. The van der Waals surface area contributed by atoms with E-state index in [2.05, 4.69) is 82.9 Å². The SMILES string of the molecule is Cc1cc(/C=C(/C#N)c2ccc3ccccc3c2)c(C)n1-c1ccc(OCc2ccc(Br)cc2)cc1. The maximum Gasteiger partial charge on any atom is 0.119 e. The van der Waals surface area contributed by atoms with Gasteiger partial charge < -0.3 is 9.30 Å². The largest absolute Gasteiger partial charge is 0.489 e. The second-order valence-electron chi connectivity index (χ2n) is 8.80. The summed E-state index contributed by atoms with van der Waals surface area (Å²) in [6.45, 7) is 4.70. The molecule has 0 aliphatic rings. The molecule has 36 heavy (non-hydrogen) atoms. The zero-order valence-corrected chi connectivity index (χ0v) is 21.8. The van der Waals surface area contributed by atoms with Gasteiger partial charge in [0.2, 0.25) is 0 Å². The lowest BCUT2D eigenvalue weighted by molar-refractivity contribution is 0.306. The Labute approximate surface area is 220 Å². The minimum atomic E-state index is 0.523. The van der Waals surface area contributed by atoms with E-state index in [0.29, 0.717) is 12.2 Å². The van der Waals surface area contributed by atoms with Crippen LogP contribution in [-0.2, 0) is 6.61 Å². The number of hydrogen-bond acceptors (Lipinski definition) is 2. The van der Waals surface area contributed by atoms with Crippen LogP contribution in [0.25, 0.3) is 28.1 Å². The van der Waals surface area contributed by atoms with Crippen molar-refractivity contribution in [2.24, 2.45) is 0 Å². The van der Waals surface area contributed by atoms with Gasteiger partial charge >= 0.3 is 0 Å². The van der Waals surface area contributed by atoms with Crippen LogP contribution in [0.4, 0.5) is 0 Å². The fourth-order valence-electron chi connectivity index (χ4n) is 4.46. The molecule has 0 unspecified atom stereocenters. The van der Waals surface area contributed by atoms with Gasteiger partial charge in [0, 0.05) is 21.5 Å². The third kappa shape index (κ3) is 4.98. The van der Waals surface area contributed by atoms with Gasteiger partial charge in [-0.3, -0.25) is 0 Å². The van der Waals surface area contributed by atoms with Gasteiger partial charge in [-0.05, 0) is 95.9 Å². The average Bonchev–Trinajstić information content (AvgIpc) is 3.19. The molecule has 5 aromatic rings. The predicted octanol–water partition coefficient (Wildman–Crippen LogP) is 8.65. The van der Waals surface area contributed by atoms with Gasteiger partial charge in [0.15, 0.2) is 0 Å². The summed E-state index contributed by atoms with van der Waals surface area (Å²) in [5.41, 5.74) is 6.99. The van der Waals surface area contributed by atoms with E-state index in [9.17, 15) is 5.26 Å². The molecular formula is C32H25BrN2O. The Hall–Kier alpha value is -4.07. The smallest absolute Gasteiger partial charge is 0.119 e. The first-order chi connectivity index (χ1) is 17.5. The van der Waals surface area contributed by atoms with Crippen LogP contribution in [0.15, 0.2) is 102 Å². The first-order valence-electron chi connectivity index (χ1n) is 11.8. The van der Waals surface area contributed by atoms with Gasteiger partial charge in [-0.2, -0.15) is 5.26 Å². The Morgan fingerprint density at radius 1 is 0.889 bits per heavy atom. The number of ether oxygens (including phenoxy) is 1. The third-order valence-corrected chi connectivity index (χ3v) is 6.89. The van der Waals surface area contributed by atoms with Crippen molar-refractivity contribution in [3.63, 3.8) is 0 Å². The molecule has 4 heteroatoms. The maximum atomic E-state index is 9.93. The topological polar surface area (TPSA) is 38.0 Å². The predicted molar refractivity (Wildman–Crippen MR) is 151 cm³/mol. The molecule has 1 aromatic heterocycles. The maximum absolute atomic E-state index is 9.93. The molecule has 5 rings (SSSR count). The standard InChI is InChI=1S/C32H25BrN2O/c1-22-17-28(19-29(20-34)27-10-9-25-5-3-4-6-26(25)18-27)23(2)35(22)31-13-15-32(16-14-31)36-21-24-7-11-30(33)12-8-24/h3-19H,21H2,1-2H3/b29-19-. The van der Waals surface area contributed by atoms with Crippen LogP contribution in [0.1, 0.15) is 28.1 Å². The van der Waals surface area contributed by atoms with Crippen LogP contribution < -0.4 is 4.74 Å². The number of aryl methyl sites for hydroxylation is 1. The van der Waals surface area contributed by atoms with E-state index < -0.39 is 0 Å². The molecule has 4 aromatic carbocycles. The molecular weight excluding hydrogens is 508 g/mol. The molecule has 0 aliphatic heterocycles. The summed E-state index contributed by atoms with van der Waals surface area (Å²) in [6, 6.07) is 35.2. The van der Waals surface area contributed by atoms with E-state index >= 15 is 0 Å². The van der Waals surface area contributed by atoms with Gasteiger partial charge in [-0.1, -0.05) is 64.5 Å². The van der Waals surface area contributed by atoms with Crippen molar-refractivity contribution >= 4 is 38.4 Å². The number of nitrogens with zero attached hydrogens (tertiary/aromatic N) is 2. The summed E-state index contributed by atoms with van der Waals surface area (Å²) in [5.74, 6) is 0.826. The minimum Gasteiger partial charge on any atom is -0.489 e. The zero-order chi connectivity index (χ0) is 25.1. The Kier molecular flexibility index (Phi) is 6.75. The summed E-state index contributed by atoms with van der Waals surface area (Å²) in [4.78, 5) is 0. The van der Waals surface area contributed by atoms with Crippen molar-refractivity contribution in [1.82, 2.24) is 4.57 Å². The third-order valence-electron chi connectivity index (χ3n) is 6.36. The summed E-state index contributed by atoms with van der Waals surface area (Å²) in [6.07, 6.45) is 1.98. The van der Waals surface area contributed by atoms with E-state index in [1.807, 2.05) is 60.7 Å². The number of fused-ring (bicyclic) bond motifs is 1. The van der Waals surface area contributed by atoms with Gasteiger partial charge in [0.1, 0.15) is 12.4 Å². The number of aromatic nitrogens is 1. The molecule has 0 aliphatic carbocycles. The number of benzene rings is 4. The molecule has 1 heterocycles. The van der Waals surface area contributed by atoms with Crippen molar-refractivity contribution in [2.75, 3.05) is 0 Å². The lowest BCUT2D eigenvalue weighted by atomic mass is 10.0. The number of allylic oxidation sites excluding steroid dienone is 1. The molecule has 0 fully saturated rings. The summed E-state index contributed by atoms with van der Waals surface area (Å²) >= 11 is 3.46. The lowest BCUT2D eigenvalue weighted by Gasteiger charge is -2.12. The quantitative estimate of drug-likeness (QED) is 0.205. The second-order valence-corrected chi connectivity index (χ2v) is 9.72. The molecule has 176 valence electrons. The van der Waals surface area contributed by atoms with E-state index in [1.165, 1.54) is 5.39 Å². The average molecular weight is 533 g/mol. The highest BCUT2D eigenvalue weighted by Gasteiger charge is 2.12. The highest BCUT2D eigenvalue weighted by atomic mass is 79.9. The summed E-state index contributed by atoms with van der Waals surface area (Å²) < 4.78 is 9.23. The first-order valence-corrected chi connectivity index (χ1v) is 12.6. The van der Waals surface area contributed by atoms with Crippen molar-refractivity contribution in [1.29, 1.82) is 5.26 Å².